The zero-order valence-electron chi connectivity index (χ0n) is 16.4. The highest BCUT2D eigenvalue weighted by molar-refractivity contribution is 5.76. The monoisotopic (exact) mass is 393 g/mol. The van der Waals surface area contributed by atoms with Gasteiger partial charge in [0.05, 0.1) is 6.04 Å². The Hall–Kier alpha value is -2.36. The average Bonchev–Trinajstić information content (AvgIpc) is 3.12. The molecule has 3 heterocycles. The summed E-state index contributed by atoms with van der Waals surface area (Å²) in [6.45, 7) is 6.00. The number of rotatable bonds is 4. The molecule has 2 saturated heterocycles. The maximum atomic E-state index is 12.1. The normalized spacial score (nSPS) is 29.6. The van der Waals surface area contributed by atoms with Gasteiger partial charge in [0.25, 0.3) is 0 Å². The minimum atomic E-state index is -0.504. The number of carbonyl (C=O) groups is 2. The second-order valence-electron chi connectivity index (χ2n) is 8.95. The number of fused-ring (bicyclic) bond motifs is 2. The van der Waals surface area contributed by atoms with Gasteiger partial charge in [-0.15, -0.1) is 10.2 Å². The van der Waals surface area contributed by atoms with Gasteiger partial charge < -0.3 is 19.4 Å². The smallest absolute Gasteiger partial charge is 0.407 e. The predicted molar refractivity (Wildman–Crippen MR) is 95.4 cm³/mol. The SMILES string of the molecule is CC(C)(C)OC(=O)NC1CC(Cc2nnc(C3CCC4CN3C(=O)N4O)o2)C1. The lowest BCUT2D eigenvalue weighted by atomic mass is 9.78. The van der Waals surface area contributed by atoms with Gasteiger partial charge in [-0.1, -0.05) is 0 Å². The second kappa shape index (κ2) is 6.91. The summed E-state index contributed by atoms with van der Waals surface area (Å²) in [5, 5.41) is 21.7. The van der Waals surface area contributed by atoms with Crippen LogP contribution in [-0.2, 0) is 11.2 Å². The molecule has 2 N–H and O–H groups in total. The highest BCUT2D eigenvalue weighted by atomic mass is 16.6. The van der Waals surface area contributed by atoms with Crippen molar-refractivity contribution in [2.45, 2.75) is 76.6 Å². The molecule has 2 aliphatic heterocycles. The van der Waals surface area contributed by atoms with E-state index in [1.807, 2.05) is 20.8 Å². The van der Waals surface area contributed by atoms with Crippen molar-refractivity contribution in [3.05, 3.63) is 11.8 Å². The van der Waals surface area contributed by atoms with Gasteiger partial charge in [0.15, 0.2) is 0 Å². The first kappa shape index (κ1) is 19.0. The molecule has 0 radical (unpaired) electrons. The zero-order chi connectivity index (χ0) is 20.1. The number of hydrogen-bond acceptors (Lipinski definition) is 7. The van der Waals surface area contributed by atoms with Crippen LogP contribution in [0.15, 0.2) is 4.42 Å². The van der Waals surface area contributed by atoms with Gasteiger partial charge in [0.2, 0.25) is 11.8 Å². The number of nitrogens with zero attached hydrogens (tertiary/aromatic N) is 4. The van der Waals surface area contributed by atoms with Gasteiger partial charge in [0, 0.05) is 19.0 Å². The third kappa shape index (κ3) is 3.78. The third-order valence-corrected chi connectivity index (χ3v) is 5.53. The van der Waals surface area contributed by atoms with Gasteiger partial charge in [-0.25, -0.2) is 14.7 Å². The summed E-state index contributed by atoms with van der Waals surface area (Å²) in [6.07, 6.45) is 3.34. The van der Waals surface area contributed by atoms with Gasteiger partial charge >= 0.3 is 12.1 Å². The Morgan fingerprint density at radius 3 is 2.79 bits per heavy atom. The minimum Gasteiger partial charge on any atom is -0.444 e. The summed E-state index contributed by atoms with van der Waals surface area (Å²) in [5.41, 5.74) is -0.504. The molecule has 2 atom stereocenters. The van der Waals surface area contributed by atoms with Crippen LogP contribution in [0.2, 0.25) is 0 Å². The largest absolute Gasteiger partial charge is 0.444 e. The van der Waals surface area contributed by atoms with Crippen LogP contribution in [0.1, 0.15) is 64.3 Å². The summed E-state index contributed by atoms with van der Waals surface area (Å²) < 4.78 is 11.1. The van der Waals surface area contributed by atoms with Crippen molar-refractivity contribution in [2.75, 3.05) is 6.54 Å². The minimum absolute atomic E-state index is 0.107. The molecule has 0 spiro atoms. The van der Waals surface area contributed by atoms with Crippen LogP contribution in [0.3, 0.4) is 0 Å². The Bertz CT molecular complexity index is 754. The molecule has 3 amide bonds. The van der Waals surface area contributed by atoms with Crippen LogP contribution in [-0.4, -0.2) is 61.7 Å². The molecule has 154 valence electrons. The lowest BCUT2D eigenvalue weighted by Gasteiger charge is -2.35. The van der Waals surface area contributed by atoms with Crippen LogP contribution in [0.4, 0.5) is 9.59 Å². The Balaban J connectivity index is 1.26. The fourth-order valence-electron chi connectivity index (χ4n) is 4.13. The first-order chi connectivity index (χ1) is 13.2. The zero-order valence-corrected chi connectivity index (χ0v) is 16.4. The van der Waals surface area contributed by atoms with E-state index < -0.39 is 11.6 Å². The number of alkyl carbamates (subject to hydrolysis) is 1. The molecule has 1 aliphatic carbocycles. The van der Waals surface area contributed by atoms with E-state index in [1.54, 1.807) is 4.90 Å². The molecular weight excluding hydrogens is 366 g/mol. The number of urea groups is 1. The maximum Gasteiger partial charge on any atom is 0.407 e. The number of nitrogens with one attached hydrogen (secondary N) is 1. The van der Waals surface area contributed by atoms with Crippen molar-refractivity contribution < 1.29 is 24.0 Å². The molecule has 28 heavy (non-hydrogen) atoms. The van der Waals surface area contributed by atoms with Gasteiger partial charge in [-0.2, -0.15) is 0 Å². The van der Waals surface area contributed by atoms with Crippen LogP contribution < -0.4 is 5.32 Å². The topological polar surface area (TPSA) is 121 Å². The highest BCUT2D eigenvalue weighted by Crippen LogP contribution is 2.37. The van der Waals surface area contributed by atoms with Gasteiger partial charge in [-0.05, 0) is 52.4 Å². The Kier molecular flexibility index (Phi) is 4.68. The number of ether oxygens (including phenoxy) is 1. The van der Waals surface area contributed by atoms with Crippen molar-refractivity contribution in [3.8, 4) is 0 Å². The molecule has 4 rings (SSSR count). The fourth-order valence-corrected chi connectivity index (χ4v) is 4.13. The van der Waals surface area contributed by atoms with Crippen LogP contribution >= 0.6 is 0 Å². The van der Waals surface area contributed by atoms with E-state index in [9.17, 15) is 14.8 Å². The van der Waals surface area contributed by atoms with Crippen LogP contribution in [0, 0.1) is 5.92 Å². The molecule has 3 fully saturated rings. The number of aromatic nitrogens is 2. The number of hydrogen-bond donors (Lipinski definition) is 2. The Morgan fingerprint density at radius 1 is 1.32 bits per heavy atom. The molecule has 3 aliphatic rings. The van der Waals surface area contributed by atoms with E-state index in [2.05, 4.69) is 15.5 Å². The third-order valence-electron chi connectivity index (χ3n) is 5.53. The summed E-state index contributed by atoms with van der Waals surface area (Å²) >= 11 is 0. The van der Waals surface area contributed by atoms with Crippen molar-refractivity contribution in [1.29, 1.82) is 0 Å². The van der Waals surface area contributed by atoms with Crippen molar-refractivity contribution in [2.24, 2.45) is 5.92 Å². The molecule has 10 heteroatoms. The standard InChI is InChI=1S/C18H27N5O5/c1-18(2,3)28-16(24)19-11-6-10(7-11)8-14-20-21-15(27-14)13-5-4-12-9-22(13)17(25)23(12)26/h10-13,26H,4-9H2,1-3H3,(H,19,24). The fraction of sp³-hybridized carbons (Fsp3) is 0.778. The average molecular weight is 393 g/mol. The first-order valence-electron chi connectivity index (χ1n) is 9.80. The van der Waals surface area contributed by atoms with Crippen molar-refractivity contribution >= 4 is 12.1 Å². The molecule has 2 bridgehead atoms. The quantitative estimate of drug-likeness (QED) is 0.753. The molecule has 1 aromatic rings. The Labute approximate surface area is 163 Å². The lowest BCUT2D eigenvalue weighted by Crippen LogP contribution is -2.46. The van der Waals surface area contributed by atoms with Gasteiger partial charge in [-0.3, -0.25) is 5.21 Å². The van der Waals surface area contributed by atoms with E-state index in [0.29, 0.717) is 43.5 Å². The molecule has 1 aromatic heterocycles. The summed E-state index contributed by atoms with van der Waals surface area (Å²) in [6, 6.07) is -0.710. The van der Waals surface area contributed by atoms with E-state index in [4.69, 9.17) is 9.15 Å². The summed E-state index contributed by atoms with van der Waals surface area (Å²) in [7, 11) is 0. The van der Waals surface area contributed by atoms with E-state index in [0.717, 1.165) is 17.9 Å². The molecular formula is C18H27N5O5. The first-order valence-corrected chi connectivity index (χ1v) is 9.80. The molecule has 1 saturated carbocycles. The van der Waals surface area contributed by atoms with Crippen LogP contribution in [0.25, 0.3) is 0 Å². The lowest BCUT2D eigenvalue weighted by molar-refractivity contribution is -0.0584. The van der Waals surface area contributed by atoms with Crippen molar-refractivity contribution in [1.82, 2.24) is 25.5 Å². The Morgan fingerprint density at radius 2 is 2.07 bits per heavy atom. The summed E-state index contributed by atoms with van der Waals surface area (Å²) in [4.78, 5) is 25.5. The van der Waals surface area contributed by atoms with Crippen molar-refractivity contribution in [3.63, 3.8) is 0 Å². The molecule has 10 nitrogen and oxygen atoms in total. The number of hydroxylamine groups is 2. The second-order valence-corrected chi connectivity index (χ2v) is 8.95. The van der Waals surface area contributed by atoms with Crippen LogP contribution in [0.5, 0.6) is 0 Å². The maximum absolute atomic E-state index is 12.1. The summed E-state index contributed by atoms with van der Waals surface area (Å²) in [5.74, 6) is 1.34. The molecule has 2 unspecified atom stereocenters. The number of carbonyl (C=O) groups excluding carboxylic acids is 2. The highest BCUT2D eigenvalue weighted by Gasteiger charge is 2.46. The van der Waals surface area contributed by atoms with E-state index in [1.165, 1.54) is 0 Å². The van der Waals surface area contributed by atoms with E-state index in [-0.39, 0.29) is 24.2 Å². The predicted octanol–water partition coefficient (Wildman–Crippen LogP) is 2.25. The molecule has 0 aromatic carbocycles. The van der Waals surface area contributed by atoms with Gasteiger partial charge in [0.1, 0.15) is 11.6 Å². The number of piperidine rings is 1. The number of amides is 3. The van der Waals surface area contributed by atoms with E-state index >= 15 is 0 Å².